The molecule has 0 bridgehead atoms. The van der Waals surface area contributed by atoms with E-state index in [0.717, 1.165) is 11.3 Å². The molecular weight excluding hydrogens is 171 g/mol. The summed E-state index contributed by atoms with van der Waals surface area (Å²) in [6.07, 6.45) is 0. The van der Waals surface area contributed by atoms with Gasteiger partial charge in [-0.1, -0.05) is 11.6 Å². The smallest absolute Gasteiger partial charge is 0.151 e. The van der Waals surface area contributed by atoms with E-state index in [2.05, 4.69) is 10.2 Å². The molecular formula is C6H6Cl2N2. The molecule has 0 atom stereocenters. The van der Waals surface area contributed by atoms with E-state index in [9.17, 15) is 0 Å². The van der Waals surface area contributed by atoms with E-state index in [4.69, 9.17) is 23.2 Å². The number of aromatic nitrogens is 2. The molecule has 0 N–H and O–H groups in total. The Bertz CT molecular complexity index is 237. The maximum absolute atomic E-state index is 5.56. The molecule has 0 aliphatic heterocycles. The molecule has 0 saturated carbocycles. The van der Waals surface area contributed by atoms with Gasteiger partial charge in [0.05, 0.1) is 11.6 Å². The second-order valence-corrected chi connectivity index (χ2v) is 2.58. The van der Waals surface area contributed by atoms with E-state index in [0.29, 0.717) is 11.0 Å². The fraction of sp³-hybridized carbons (Fsp3) is 0.333. The molecule has 1 aromatic heterocycles. The van der Waals surface area contributed by atoms with Crippen LogP contribution in [0.4, 0.5) is 0 Å². The van der Waals surface area contributed by atoms with Gasteiger partial charge in [0.15, 0.2) is 5.15 Å². The van der Waals surface area contributed by atoms with E-state index in [-0.39, 0.29) is 0 Å². The number of aryl methyl sites for hydroxylation is 1. The van der Waals surface area contributed by atoms with Crippen molar-refractivity contribution >= 4 is 23.2 Å². The summed E-state index contributed by atoms with van der Waals surface area (Å²) >= 11 is 11.1. The maximum Gasteiger partial charge on any atom is 0.151 e. The van der Waals surface area contributed by atoms with Crippen molar-refractivity contribution in [2.75, 3.05) is 0 Å². The van der Waals surface area contributed by atoms with Crippen LogP contribution in [0.3, 0.4) is 0 Å². The van der Waals surface area contributed by atoms with Gasteiger partial charge in [0.1, 0.15) is 0 Å². The van der Waals surface area contributed by atoms with Gasteiger partial charge in [0, 0.05) is 0 Å². The van der Waals surface area contributed by atoms with E-state index >= 15 is 0 Å². The van der Waals surface area contributed by atoms with Crippen LogP contribution in [0.5, 0.6) is 0 Å². The molecule has 0 saturated heterocycles. The Morgan fingerprint density at radius 3 is 2.70 bits per heavy atom. The Morgan fingerprint density at radius 2 is 2.20 bits per heavy atom. The largest absolute Gasteiger partial charge is 0.153 e. The van der Waals surface area contributed by atoms with E-state index in [1.165, 1.54) is 0 Å². The topological polar surface area (TPSA) is 25.8 Å². The van der Waals surface area contributed by atoms with Crippen molar-refractivity contribution in [2.24, 2.45) is 0 Å². The summed E-state index contributed by atoms with van der Waals surface area (Å²) in [4.78, 5) is 0. The monoisotopic (exact) mass is 176 g/mol. The van der Waals surface area contributed by atoms with Crippen LogP contribution in [0.1, 0.15) is 11.3 Å². The Labute approximate surface area is 69.2 Å². The van der Waals surface area contributed by atoms with E-state index in [1.807, 2.05) is 6.92 Å². The number of hydrogen-bond donors (Lipinski definition) is 0. The molecule has 0 aromatic carbocycles. The Balaban J connectivity index is 3.07. The first-order valence-corrected chi connectivity index (χ1v) is 3.70. The van der Waals surface area contributed by atoms with Gasteiger partial charge in [-0.3, -0.25) is 0 Å². The summed E-state index contributed by atoms with van der Waals surface area (Å²) in [7, 11) is 0. The van der Waals surface area contributed by atoms with Gasteiger partial charge in [-0.25, -0.2) is 0 Å². The third-order valence-electron chi connectivity index (χ3n) is 1.18. The van der Waals surface area contributed by atoms with Gasteiger partial charge in [0.25, 0.3) is 0 Å². The molecule has 0 unspecified atom stereocenters. The van der Waals surface area contributed by atoms with Crippen LogP contribution in [-0.4, -0.2) is 10.2 Å². The first-order chi connectivity index (χ1) is 4.74. The van der Waals surface area contributed by atoms with Crippen molar-refractivity contribution in [3.8, 4) is 0 Å². The zero-order valence-corrected chi connectivity index (χ0v) is 6.95. The van der Waals surface area contributed by atoms with Crippen LogP contribution in [0, 0.1) is 6.92 Å². The summed E-state index contributed by atoms with van der Waals surface area (Å²) in [6, 6.07) is 1.74. The average Bonchev–Trinajstić information content (AvgIpc) is 1.88. The Morgan fingerprint density at radius 1 is 1.50 bits per heavy atom. The number of nitrogens with zero attached hydrogens (tertiary/aromatic N) is 2. The third-order valence-corrected chi connectivity index (χ3v) is 1.62. The number of hydrogen-bond acceptors (Lipinski definition) is 2. The molecule has 0 spiro atoms. The van der Waals surface area contributed by atoms with Gasteiger partial charge < -0.3 is 0 Å². The molecule has 0 radical (unpaired) electrons. The number of halogens is 2. The quantitative estimate of drug-likeness (QED) is 0.614. The zero-order valence-electron chi connectivity index (χ0n) is 5.43. The summed E-state index contributed by atoms with van der Waals surface area (Å²) in [5, 5.41) is 7.83. The highest BCUT2D eigenvalue weighted by Gasteiger charge is 1.98. The lowest BCUT2D eigenvalue weighted by atomic mass is 10.2. The minimum Gasteiger partial charge on any atom is -0.153 e. The van der Waals surface area contributed by atoms with Gasteiger partial charge >= 0.3 is 0 Å². The molecule has 0 amide bonds. The molecule has 0 aliphatic carbocycles. The minimum absolute atomic E-state index is 0.385. The lowest BCUT2D eigenvalue weighted by Crippen LogP contribution is -1.93. The highest BCUT2D eigenvalue weighted by Crippen LogP contribution is 2.10. The number of alkyl halides is 1. The summed E-state index contributed by atoms with van der Waals surface area (Å²) in [5.74, 6) is 0.385. The predicted octanol–water partition coefficient (Wildman–Crippen LogP) is 2.18. The van der Waals surface area contributed by atoms with Gasteiger partial charge in [-0.15, -0.1) is 16.7 Å². The summed E-state index contributed by atoms with van der Waals surface area (Å²) < 4.78 is 0. The summed E-state index contributed by atoms with van der Waals surface area (Å²) in [6.45, 7) is 1.90. The highest BCUT2D eigenvalue weighted by molar-refractivity contribution is 6.29. The van der Waals surface area contributed by atoms with Crippen molar-refractivity contribution < 1.29 is 0 Å². The van der Waals surface area contributed by atoms with Crippen LogP contribution < -0.4 is 0 Å². The van der Waals surface area contributed by atoms with Crippen molar-refractivity contribution in [2.45, 2.75) is 12.8 Å². The van der Waals surface area contributed by atoms with Gasteiger partial charge in [0.2, 0.25) is 0 Å². The third kappa shape index (κ3) is 1.58. The molecule has 1 heterocycles. The first-order valence-electron chi connectivity index (χ1n) is 2.78. The molecule has 1 aromatic rings. The van der Waals surface area contributed by atoms with Crippen LogP contribution >= 0.6 is 23.2 Å². The highest BCUT2D eigenvalue weighted by atomic mass is 35.5. The lowest BCUT2D eigenvalue weighted by molar-refractivity contribution is 0.950. The van der Waals surface area contributed by atoms with Crippen molar-refractivity contribution in [1.82, 2.24) is 10.2 Å². The second kappa shape index (κ2) is 3.17. The standard InChI is InChI=1S/C6H6Cl2N2/c1-4-2-6(8)10-9-5(4)3-7/h2H,3H2,1H3. The predicted molar refractivity (Wildman–Crippen MR) is 41.3 cm³/mol. The molecule has 0 fully saturated rings. The Kier molecular flexibility index (Phi) is 2.46. The molecule has 4 heteroatoms. The lowest BCUT2D eigenvalue weighted by Gasteiger charge is -1.97. The van der Waals surface area contributed by atoms with E-state index in [1.54, 1.807) is 6.07 Å². The van der Waals surface area contributed by atoms with Crippen molar-refractivity contribution in [1.29, 1.82) is 0 Å². The van der Waals surface area contributed by atoms with Crippen molar-refractivity contribution in [3.05, 3.63) is 22.5 Å². The Hall–Kier alpha value is -0.340. The minimum atomic E-state index is 0.385. The molecule has 2 nitrogen and oxygen atoms in total. The van der Waals surface area contributed by atoms with Crippen LogP contribution in [0.15, 0.2) is 6.07 Å². The van der Waals surface area contributed by atoms with Crippen LogP contribution in [0.2, 0.25) is 5.15 Å². The SMILES string of the molecule is Cc1cc(Cl)nnc1CCl. The second-order valence-electron chi connectivity index (χ2n) is 1.93. The fourth-order valence-corrected chi connectivity index (χ4v) is 1.08. The normalized spacial score (nSPS) is 9.90. The molecule has 0 aliphatic rings. The fourth-order valence-electron chi connectivity index (χ4n) is 0.610. The van der Waals surface area contributed by atoms with Gasteiger partial charge in [-0.2, -0.15) is 5.10 Å². The maximum atomic E-state index is 5.56. The molecule has 10 heavy (non-hydrogen) atoms. The number of rotatable bonds is 1. The molecule has 1 rings (SSSR count). The zero-order chi connectivity index (χ0) is 7.56. The van der Waals surface area contributed by atoms with E-state index < -0.39 is 0 Å². The first kappa shape index (κ1) is 7.76. The van der Waals surface area contributed by atoms with Crippen LogP contribution in [0.25, 0.3) is 0 Å². The van der Waals surface area contributed by atoms with Crippen molar-refractivity contribution in [3.63, 3.8) is 0 Å². The summed E-state index contributed by atoms with van der Waals surface area (Å²) in [5.41, 5.74) is 1.76. The van der Waals surface area contributed by atoms with Crippen LogP contribution in [-0.2, 0) is 5.88 Å². The van der Waals surface area contributed by atoms with Gasteiger partial charge in [-0.05, 0) is 18.6 Å². The average molecular weight is 177 g/mol. The molecule has 54 valence electrons.